The van der Waals surface area contributed by atoms with Crippen LogP contribution in [0.15, 0.2) is 18.2 Å². The number of amides is 3. The number of nitrogens with zero attached hydrogens (tertiary/aromatic N) is 1. The van der Waals surface area contributed by atoms with Crippen molar-refractivity contribution in [3.8, 4) is 0 Å². The number of piperidine rings is 3. The molecule has 1 aliphatic carbocycles. The molecule has 7 heteroatoms. The Morgan fingerprint density at radius 2 is 2.03 bits per heavy atom. The van der Waals surface area contributed by atoms with Crippen molar-refractivity contribution in [3.05, 3.63) is 34.9 Å². The van der Waals surface area contributed by atoms with Crippen LogP contribution in [0.3, 0.4) is 0 Å². The maximum atomic E-state index is 12.9. The van der Waals surface area contributed by atoms with Gasteiger partial charge in [-0.15, -0.1) is 0 Å². The van der Waals surface area contributed by atoms with Crippen LogP contribution in [-0.4, -0.2) is 47.3 Å². The van der Waals surface area contributed by atoms with Gasteiger partial charge in [0.25, 0.3) is 5.91 Å². The van der Waals surface area contributed by atoms with Crippen LogP contribution in [-0.2, 0) is 22.7 Å². The van der Waals surface area contributed by atoms with Gasteiger partial charge in [0, 0.05) is 30.6 Å². The first-order chi connectivity index (χ1) is 14.0. The molecule has 7 nitrogen and oxygen atoms in total. The maximum Gasteiger partial charge on any atom is 0.255 e. The van der Waals surface area contributed by atoms with Gasteiger partial charge < -0.3 is 15.5 Å². The van der Waals surface area contributed by atoms with Crippen molar-refractivity contribution in [3.63, 3.8) is 0 Å². The Balaban J connectivity index is 1.21. The molecule has 2 bridgehead atoms. The molecule has 0 radical (unpaired) electrons. The minimum atomic E-state index is -0.559. The Bertz CT molecular complexity index is 856. The van der Waals surface area contributed by atoms with Crippen LogP contribution < -0.4 is 16.0 Å². The van der Waals surface area contributed by atoms with Crippen molar-refractivity contribution in [2.75, 3.05) is 13.1 Å². The Hall–Kier alpha value is -2.25. The Morgan fingerprint density at radius 1 is 1.17 bits per heavy atom. The summed E-state index contributed by atoms with van der Waals surface area (Å²) in [6.45, 7) is 3.26. The van der Waals surface area contributed by atoms with Crippen LogP contribution in [0, 0.1) is 5.92 Å². The molecule has 5 aliphatic rings. The summed E-state index contributed by atoms with van der Waals surface area (Å²) < 4.78 is 0. The molecule has 4 fully saturated rings. The second-order valence-corrected chi connectivity index (χ2v) is 9.04. The molecule has 4 heterocycles. The molecular formula is C22H28N4O3. The van der Waals surface area contributed by atoms with Gasteiger partial charge >= 0.3 is 0 Å². The number of hydrogen-bond donors (Lipinski definition) is 3. The number of nitrogens with one attached hydrogen (secondary N) is 3. The molecule has 1 unspecified atom stereocenters. The first-order valence-corrected chi connectivity index (χ1v) is 10.8. The van der Waals surface area contributed by atoms with E-state index in [0.717, 1.165) is 43.1 Å². The van der Waals surface area contributed by atoms with Gasteiger partial charge in [0.05, 0.1) is 0 Å². The molecule has 3 saturated heterocycles. The highest BCUT2D eigenvalue weighted by atomic mass is 16.2. The minimum absolute atomic E-state index is 0.109. The molecule has 1 atom stereocenters. The van der Waals surface area contributed by atoms with Crippen LogP contribution in [0.4, 0.5) is 0 Å². The van der Waals surface area contributed by atoms with Crippen LogP contribution in [0.1, 0.15) is 60.0 Å². The van der Waals surface area contributed by atoms with E-state index in [4.69, 9.17) is 0 Å². The van der Waals surface area contributed by atoms with E-state index in [1.807, 2.05) is 12.1 Å². The third kappa shape index (κ3) is 3.36. The molecule has 1 saturated carbocycles. The fourth-order valence-corrected chi connectivity index (χ4v) is 5.59. The lowest BCUT2D eigenvalue weighted by Gasteiger charge is -2.53. The summed E-state index contributed by atoms with van der Waals surface area (Å²) in [6, 6.07) is 5.26. The third-order valence-corrected chi connectivity index (χ3v) is 7.19. The predicted octanol–water partition coefficient (Wildman–Crippen LogP) is 1.07. The predicted molar refractivity (Wildman–Crippen MR) is 107 cm³/mol. The Kier molecular flexibility index (Phi) is 4.67. The summed E-state index contributed by atoms with van der Waals surface area (Å²) >= 11 is 0. The fraction of sp³-hybridized carbons (Fsp3) is 0.591. The average Bonchev–Trinajstić information content (AvgIpc) is 3.02. The summed E-state index contributed by atoms with van der Waals surface area (Å²) in [6.07, 6.45) is 5.76. The van der Waals surface area contributed by atoms with Gasteiger partial charge in [-0.1, -0.05) is 12.1 Å². The summed E-state index contributed by atoms with van der Waals surface area (Å²) in [5, 5.41) is 9.62. The largest absolute Gasteiger partial charge is 0.322 e. The molecule has 29 heavy (non-hydrogen) atoms. The molecular weight excluding hydrogens is 368 g/mol. The van der Waals surface area contributed by atoms with Crippen molar-refractivity contribution in [2.24, 2.45) is 5.92 Å². The van der Waals surface area contributed by atoms with Gasteiger partial charge in [-0.2, -0.15) is 0 Å². The molecule has 1 aromatic carbocycles. The second kappa shape index (κ2) is 7.22. The zero-order valence-electron chi connectivity index (χ0n) is 16.6. The molecule has 1 aromatic rings. The topological polar surface area (TPSA) is 90.5 Å². The Morgan fingerprint density at radius 3 is 2.79 bits per heavy atom. The van der Waals surface area contributed by atoms with E-state index in [-0.39, 0.29) is 24.1 Å². The minimum Gasteiger partial charge on any atom is -0.322 e. The van der Waals surface area contributed by atoms with Gasteiger partial charge in [-0.25, -0.2) is 0 Å². The lowest BCUT2D eigenvalue weighted by atomic mass is 9.62. The van der Waals surface area contributed by atoms with Gasteiger partial charge in [0.1, 0.15) is 6.04 Å². The highest BCUT2D eigenvalue weighted by molar-refractivity contribution is 6.05. The summed E-state index contributed by atoms with van der Waals surface area (Å²) in [4.78, 5) is 38.2. The van der Waals surface area contributed by atoms with Crippen molar-refractivity contribution in [1.29, 1.82) is 0 Å². The molecule has 4 aliphatic heterocycles. The van der Waals surface area contributed by atoms with Crippen LogP contribution in [0.25, 0.3) is 0 Å². The summed E-state index contributed by atoms with van der Waals surface area (Å²) in [7, 11) is 0. The van der Waals surface area contributed by atoms with Crippen molar-refractivity contribution < 1.29 is 14.4 Å². The number of hydrogen-bond acceptors (Lipinski definition) is 5. The monoisotopic (exact) mass is 396 g/mol. The first-order valence-electron chi connectivity index (χ1n) is 10.8. The van der Waals surface area contributed by atoms with E-state index in [1.165, 1.54) is 19.3 Å². The van der Waals surface area contributed by atoms with Crippen molar-refractivity contribution in [2.45, 2.75) is 63.2 Å². The quantitative estimate of drug-likeness (QED) is 0.494. The number of benzene rings is 1. The normalized spacial score (nSPS) is 30.8. The summed E-state index contributed by atoms with van der Waals surface area (Å²) in [5.41, 5.74) is 3.16. The lowest BCUT2D eigenvalue weighted by Crippen LogP contribution is -2.61. The molecule has 0 aromatic heterocycles. The van der Waals surface area contributed by atoms with E-state index in [0.29, 0.717) is 24.1 Å². The number of rotatable bonds is 6. The smallest absolute Gasteiger partial charge is 0.255 e. The maximum absolute atomic E-state index is 12.9. The van der Waals surface area contributed by atoms with E-state index >= 15 is 0 Å². The average molecular weight is 396 g/mol. The van der Waals surface area contributed by atoms with Gasteiger partial charge in [0.15, 0.2) is 0 Å². The summed E-state index contributed by atoms with van der Waals surface area (Å²) in [5.74, 6) is 0.199. The highest BCUT2D eigenvalue weighted by Crippen LogP contribution is 2.45. The van der Waals surface area contributed by atoms with Gasteiger partial charge in [-0.3, -0.25) is 19.7 Å². The number of fused-ring (bicyclic) bond motifs is 3. The number of carbonyl (C=O) groups excluding carboxylic acids is 3. The number of imide groups is 1. The van der Waals surface area contributed by atoms with E-state index in [2.05, 4.69) is 22.0 Å². The third-order valence-electron chi connectivity index (χ3n) is 7.19. The Labute approximate surface area is 170 Å². The molecule has 3 amide bonds. The molecule has 3 N–H and O–H groups in total. The first kappa shape index (κ1) is 18.8. The van der Waals surface area contributed by atoms with Crippen molar-refractivity contribution >= 4 is 17.7 Å². The van der Waals surface area contributed by atoms with Crippen LogP contribution in [0.2, 0.25) is 0 Å². The lowest BCUT2D eigenvalue weighted by molar-refractivity contribution is -0.136. The van der Waals surface area contributed by atoms with Crippen LogP contribution >= 0.6 is 0 Å². The standard InChI is InChI=1S/C22H28N4O3/c27-19-5-4-18(20(28)25-19)26-13-17-15(2-1-3-16(17)21(26)29)12-23-9-7-22-10-14(11-22)6-8-24-22/h1-3,14,18,23-24H,4-13H2,(H,25,27,28). The van der Waals surface area contributed by atoms with Crippen molar-refractivity contribution in [1.82, 2.24) is 20.9 Å². The zero-order chi connectivity index (χ0) is 20.0. The van der Waals surface area contributed by atoms with Crippen LogP contribution in [0.5, 0.6) is 0 Å². The van der Waals surface area contributed by atoms with E-state index < -0.39 is 6.04 Å². The van der Waals surface area contributed by atoms with E-state index in [1.54, 1.807) is 4.90 Å². The van der Waals surface area contributed by atoms with Gasteiger partial charge in [-0.05, 0) is 68.3 Å². The van der Waals surface area contributed by atoms with Gasteiger partial charge in [0.2, 0.25) is 11.8 Å². The highest BCUT2D eigenvalue weighted by Gasteiger charge is 2.46. The zero-order valence-corrected chi connectivity index (χ0v) is 16.6. The fourth-order valence-electron chi connectivity index (χ4n) is 5.59. The molecule has 6 rings (SSSR count). The molecule has 154 valence electrons. The number of carbonyl (C=O) groups is 3. The molecule has 0 spiro atoms. The van der Waals surface area contributed by atoms with E-state index in [9.17, 15) is 14.4 Å². The SMILES string of the molecule is O=C1CCC(N2Cc3c(CNCCC45CC(CCN4)C5)cccc3C2=O)C(=O)N1. The second-order valence-electron chi connectivity index (χ2n) is 9.04.